The molecule has 1 unspecified atom stereocenters. The molecule has 0 saturated carbocycles. The van der Waals surface area contributed by atoms with Crippen molar-refractivity contribution in [3.8, 4) is 17.2 Å². The van der Waals surface area contributed by atoms with Crippen LogP contribution < -0.4 is 9.47 Å². The number of benzene rings is 2. The molecule has 32 heavy (non-hydrogen) atoms. The van der Waals surface area contributed by atoms with Crippen LogP contribution in [0.5, 0.6) is 17.2 Å². The summed E-state index contributed by atoms with van der Waals surface area (Å²) < 4.78 is 18.2. The highest BCUT2D eigenvalue weighted by atomic mass is 35.5. The van der Waals surface area contributed by atoms with Gasteiger partial charge in [-0.3, -0.25) is 4.68 Å². The van der Waals surface area contributed by atoms with E-state index in [9.17, 15) is 9.90 Å². The second-order valence-electron chi connectivity index (χ2n) is 7.55. The van der Waals surface area contributed by atoms with E-state index < -0.39 is 5.97 Å². The Hall–Kier alpha value is -3.26. The number of methoxy groups -OCH3 is 1. The number of esters is 1. The highest BCUT2D eigenvalue weighted by molar-refractivity contribution is 6.17. The smallest absolute Gasteiger partial charge is 0.342 e. The summed E-state index contributed by atoms with van der Waals surface area (Å²) >= 11 is 5.71. The van der Waals surface area contributed by atoms with Crippen molar-refractivity contribution in [2.45, 2.75) is 38.5 Å². The maximum absolute atomic E-state index is 12.5. The van der Waals surface area contributed by atoms with Crippen LogP contribution in [0.4, 0.5) is 0 Å². The Morgan fingerprint density at radius 2 is 2.06 bits per heavy atom. The van der Waals surface area contributed by atoms with Crippen LogP contribution in [0.25, 0.3) is 0 Å². The van der Waals surface area contributed by atoms with Crippen molar-refractivity contribution >= 4 is 17.6 Å². The fourth-order valence-electron chi connectivity index (χ4n) is 3.67. The van der Waals surface area contributed by atoms with E-state index in [0.717, 1.165) is 17.7 Å². The number of phenolic OH excluding ortho intramolecular Hbond substituents is 1. The molecule has 1 N–H and O–H groups in total. The zero-order valence-electron chi connectivity index (χ0n) is 17.7. The minimum Gasteiger partial charge on any atom is -0.507 e. The summed E-state index contributed by atoms with van der Waals surface area (Å²) in [5.41, 5.74) is 2.69. The first kappa shape index (κ1) is 22.0. The lowest BCUT2D eigenvalue weighted by molar-refractivity contribution is 0.0234. The summed E-state index contributed by atoms with van der Waals surface area (Å²) in [5.74, 6) is 1.03. The van der Waals surface area contributed by atoms with Crippen LogP contribution in [0.2, 0.25) is 0 Å². The summed E-state index contributed by atoms with van der Waals surface area (Å²) in [5, 5.41) is 18.4. The SMILES string of the molecule is COc1ccc(CCC2Cc3cc(OCc4cn(CCCl)nn4)cc(O)c3C(=O)O2)cc1. The first-order chi connectivity index (χ1) is 15.6. The predicted octanol–water partition coefficient (Wildman–Crippen LogP) is 3.52. The number of fused-ring (bicyclic) bond motifs is 1. The molecule has 1 aromatic heterocycles. The molecular formula is C23H24ClN3O5. The van der Waals surface area contributed by atoms with E-state index in [1.165, 1.54) is 6.07 Å². The van der Waals surface area contributed by atoms with Crippen molar-refractivity contribution < 1.29 is 24.1 Å². The summed E-state index contributed by atoms with van der Waals surface area (Å²) in [6.07, 6.45) is 3.42. The highest BCUT2D eigenvalue weighted by Crippen LogP contribution is 2.34. The van der Waals surface area contributed by atoms with Gasteiger partial charge in [-0.1, -0.05) is 17.3 Å². The molecule has 1 atom stereocenters. The van der Waals surface area contributed by atoms with Crippen molar-refractivity contribution in [3.05, 3.63) is 65.0 Å². The van der Waals surface area contributed by atoms with Crippen molar-refractivity contribution in [1.82, 2.24) is 15.0 Å². The first-order valence-corrected chi connectivity index (χ1v) is 10.9. The number of aromatic nitrogens is 3. The number of alkyl halides is 1. The number of nitrogens with zero attached hydrogens (tertiary/aromatic N) is 3. The number of hydrogen-bond donors (Lipinski definition) is 1. The van der Waals surface area contributed by atoms with Gasteiger partial charge in [-0.25, -0.2) is 4.79 Å². The topological polar surface area (TPSA) is 95.7 Å². The van der Waals surface area contributed by atoms with Gasteiger partial charge >= 0.3 is 5.97 Å². The van der Waals surface area contributed by atoms with Crippen LogP contribution in [-0.4, -0.2) is 45.2 Å². The van der Waals surface area contributed by atoms with Crippen molar-refractivity contribution in [2.24, 2.45) is 0 Å². The standard InChI is InChI=1S/C23H24ClN3O5/c1-30-18-5-2-15(3-6-18)4-7-19-10-16-11-20(12-21(28)22(16)23(29)32-19)31-14-17-13-27(9-8-24)26-25-17/h2-3,5-6,11-13,19,28H,4,7-10,14H2,1H3. The van der Waals surface area contributed by atoms with E-state index in [-0.39, 0.29) is 24.0 Å². The van der Waals surface area contributed by atoms with E-state index in [0.29, 0.717) is 42.3 Å². The van der Waals surface area contributed by atoms with E-state index in [4.69, 9.17) is 25.8 Å². The first-order valence-electron chi connectivity index (χ1n) is 10.3. The summed E-state index contributed by atoms with van der Waals surface area (Å²) in [4.78, 5) is 12.5. The average molecular weight is 458 g/mol. The molecule has 1 aliphatic heterocycles. The normalized spacial score (nSPS) is 15.2. The van der Waals surface area contributed by atoms with E-state index in [1.54, 1.807) is 24.1 Å². The number of carbonyl (C=O) groups excluding carboxylic acids is 1. The number of ether oxygens (including phenoxy) is 3. The largest absolute Gasteiger partial charge is 0.507 e. The Morgan fingerprint density at radius 1 is 1.25 bits per heavy atom. The van der Waals surface area contributed by atoms with Crippen LogP contribution >= 0.6 is 11.6 Å². The molecule has 4 rings (SSSR count). The number of phenols is 1. The summed E-state index contributed by atoms with van der Waals surface area (Å²) in [6.45, 7) is 0.750. The zero-order valence-corrected chi connectivity index (χ0v) is 18.4. The van der Waals surface area contributed by atoms with Crippen LogP contribution in [0, 0.1) is 0 Å². The van der Waals surface area contributed by atoms with Gasteiger partial charge in [0.25, 0.3) is 0 Å². The Balaban J connectivity index is 1.41. The molecule has 0 aliphatic carbocycles. The molecular weight excluding hydrogens is 434 g/mol. The molecule has 0 bridgehead atoms. The Kier molecular flexibility index (Phi) is 6.80. The minimum absolute atomic E-state index is 0.151. The molecule has 9 heteroatoms. The number of aryl methyl sites for hydroxylation is 2. The molecule has 0 saturated heterocycles. The van der Waals surface area contributed by atoms with E-state index in [1.807, 2.05) is 24.3 Å². The van der Waals surface area contributed by atoms with Gasteiger partial charge in [0.2, 0.25) is 0 Å². The third kappa shape index (κ3) is 5.13. The molecule has 168 valence electrons. The number of halogens is 1. The molecule has 3 aromatic rings. The Morgan fingerprint density at radius 3 is 2.81 bits per heavy atom. The molecule has 8 nitrogen and oxygen atoms in total. The number of rotatable bonds is 9. The van der Waals surface area contributed by atoms with Crippen LogP contribution in [-0.2, 0) is 30.7 Å². The number of carbonyl (C=O) groups is 1. The lowest BCUT2D eigenvalue weighted by Crippen LogP contribution is -2.28. The third-order valence-electron chi connectivity index (χ3n) is 5.30. The van der Waals surface area contributed by atoms with E-state index >= 15 is 0 Å². The van der Waals surface area contributed by atoms with Gasteiger partial charge in [0.05, 0.1) is 19.9 Å². The third-order valence-corrected chi connectivity index (χ3v) is 5.47. The number of cyclic esters (lactones) is 1. The molecule has 0 radical (unpaired) electrons. The summed E-state index contributed by atoms with van der Waals surface area (Å²) in [7, 11) is 1.63. The zero-order chi connectivity index (χ0) is 22.5. The molecule has 0 fully saturated rings. The van der Waals surface area contributed by atoms with Crippen molar-refractivity contribution in [3.63, 3.8) is 0 Å². The fourth-order valence-corrected chi connectivity index (χ4v) is 3.85. The highest BCUT2D eigenvalue weighted by Gasteiger charge is 2.29. The monoisotopic (exact) mass is 457 g/mol. The minimum atomic E-state index is -0.515. The molecule has 2 aromatic carbocycles. The van der Waals surface area contributed by atoms with Gasteiger partial charge in [0, 0.05) is 18.4 Å². The van der Waals surface area contributed by atoms with Gasteiger partial charge in [0.15, 0.2) is 0 Å². The van der Waals surface area contributed by atoms with E-state index in [2.05, 4.69) is 10.3 Å². The lowest BCUT2D eigenvalue weighted by Gasteiger charge is -2.25. The summed E-state index contributed by atoms with van der Waals surface area (Å²) in [6, 6.07) is 11.0. The molecule has 2 heterocycles. The quantitative estimate of drug-likeness (QED) is 0.388. The van der Waals surface area contributed by atoms with Gasteiger partial charge in [0.1, 0.15) is 41.2 Å². The van der Waals surface area contributed by atoms with Gasteiger partial charge in [-0.05, 0) is 42.2 Å². The van der Waals surface area contributed by atoms with Crippen molar-refractivity contribution in [2.75, 3.05) is 13.0 Å². The van der Waals surface area contributed by atoms with Crippen molar-refractivity contribution in [1.29, 1.82) is 0 Å². The Bertz CT molecular complexity index is 1080. The predicted molar refractivity (Wildman–Crippen MR) is 117 cm³/mol. The number of aromatic hydroxyl groups is 1. The maximum atomic E-state index is 12.5. The van der Waals surface area contributed by atoms with Crippen LogP contribution in [0.15, 0.2) is 42.6 Å². The van der Waals surface area contributed by atoms with Crippen LogP contribution in [0.1, 0.15) is 33.6 Å². The van der Waals surface area contributed by atoms with Gasteiger partial charge in [-0.15, -0.1) is 16.7 Å². The number of hydrogen-bond acceptors (Lipinski definition) is 7. The second kappa shape index (κ2) is 9.91. The molecule has 0 spiro atoms. The van der Waals surface area contributed by atoms with Gasteiger partial charge in [-0.2, -0.15) is 0 Å². The average Bonchev–Trinajstić information content (AvgIpc) is 3.24. The van der Waals surface area contributed by atoms with Gasteiger partial charge < -0.3 is 19.3 Å². The van der Waals surface area contributed by atoms with Crippen LogP contribution in [0.3, 0.4) is 0 Å². The fraction of sp³-hybridized carbons (Fsp3) is 0.348. The molecule has 0 amide bonds. The maximum Gasteiger partial charge on any atom is 0.342 e. The molecule has 1 aliphatic rings. The Labute approximate surface area is 190 Å². The lowest BCUT2D eigenvalue weighted by atomic mass is 9.94. The second-order valence-corrected chi connectivity index (χ2v) is 7.92.